The van der Waals surface area contributed by atoms with Gasteiger partial charge < -0.3 is 14.4 Å². The predicted molar refractivity (Wildman–Crippen MR) is 91.3 cm³/mol. The molecule has 0 saturated carbocycles. The van der Waals surface area contributed by atoms with Crippen LogP contribution < -0.4 is 14.4 Å². The molecule has 1 aromatic heterocycles. The number of nitrogens with zero attached hydrogens (tertiary/aromatic N) is 3. The molecule has 0 spiro atoms. The summed E-state index contributed by atoms with van der Waals surface area (Å²) in [6.07, 6.45) is 1.81. The molecule has 122 valence electrons. The van der Waals surface area contributed by atoms with Crippen LogP contribution in [0.5, 0.6) is 11.6 Å². The first-order valence-electron chi connectivity index (χ1n) is 7.89. The second kappa shape index (κ2) is 7.33. The topological polar surface area (TPSA) is 37.8 Å². The van der Waals surface area contributed by atoms with Crippen molar-refractivity contribution in [1.29, 1.82) is 0 Å². The first-order chi connectivity index (χ1) is 11.3. The van der Waals surface area contributed by atoms with Crippen molar-refractivity contribution in [1.82, 2.24) is 9.88 Å². The van der Waals surface area contributed by atoms with E-state index in [0.29, 0.717) is 5.88 Å². The van der Waals surface area contributed by atoms with Gasteiger partial charge in [0, 0.05) is 56.7 Å². The maximum Gasteiger partial charge on any atom is 0.213 e. The number of rotatable bonds is 5. The molecule has 1 aliphatic heterocycles. The number of methoxy groups -OCH3 is 2. The summed E-state index contributed by atoms with van der Waals surface area (Å²) in [7, 11) is 3.36. The van der Waals surface area contributed by atoms with Crippen molar-refractivity contribution >= 4 is 5.69 Å². The first kappa shape index (κ1) is 15.6. The molecule has 0 N–H and O–H groups in total. The highest BCUT2D eigenvalue weighted by atomic mass is 16.5. The van der Waals surface area contributed by atoms with Gasteiger partial charge in [-0.15, -0.1) is 0 Å². The van der Waals surface area contributed by atoms with Crippen LogP contribution in [0.3, 0.4) is 0 Å². The molecular weight excluding hydrogens is 290 g/mol. The lowest BCUT2D eigenvalue weighted by Crippen LogP contribution is -2.45. The lowest BCUT2D eigenvalue weighted by Gasteiger charge is -2.36. The highest BCUT2D eigenvalue weighted by molar-refractivity contribution is 5.51. The van der Waals surface area contributed by atoms with Crippen LogP contribution in [0.1, 0.15) is 5.56 Å². The second-order valence-electron chi connectivity index (χ2n) is 5.67. The van der Waals surface area contributed by atoms with Crippen LogP contribution >= 0.6 is 0 Å². The number of anilines is 1. The minimum absolute atomic E-state index is 0.678. The van der Waals surface area contributed by atoms with Crippen LogP contribution in [0.4, 0.5) is 5.69 Å². The van der Waals surface area contributed by atoms with Gasteiger partial charge >= 0.3 is 0 Å². The lowest BCUT2D eigenvalue weighted by molar-refractivity contribution is 0.249. The number of hydrogen-bond donors (Lipinski definition) is 0. The summed E-state index contributed by atoms with van der Waals surface area (Å²) in [4.78, 5) is 9.03. The Morgan fingerprint density at radius 1 is 1.00 bits per heavy atom. The second-order valence-corrected chi connectivity index (χ2v) is 5.67. The molecule has 1 aromatic carbocycles. The zero-order valence-corrected chi connectivity index (χ0v) is 13.7. The third-order valence-corrected chi connectivity index (χ3v) is 4.21. The average molecular weight is 313 g/mol. The van der Waals surface area contributed by atoms with Crippen molar-refractivity contribution < 1.29 is 9.47 Å². The fraction of sp³-hybridized carbons (Fsp3) is 0.389. The minimum Gasteiger partial charge on any atom is -0.497 e. The molecule has 0 bridgehead atoms. The van der Waals surface area contributed by atoms with E-state index < -0.39 is 0 Å². The quantitative estimate of drug-likeness (QED) is 0.847. The Hall–Kier alpha value is -2.27. The molecule has 0 aliphatic carbocycles. The molecule has 0 radical (unpaired) electrons. The van der Waals surface area contributed by atoms with Crippen molar-refractivity contribution in [2.75, 3.05) is 45.3 Å². The monoisotopic (exact) mass is 313 g/mol. The van der Waals surface area contributed by atoms with Crippen molar-refractivity contribution in [2.45, 2.75) is 6.54 Å². The summed E-state index contributed by atoms with van der Waals surface area (Å²) in [6, 6.07) is 12.3. The van der Waals surface area contributed by atoms with E-state index in [1.54, 1.807) is 20.4 Å². The van der Waals surface area contributed by atoms with Crippen LogP contribution in [-0.2, 0) is 6.54 Å². The molecule has 1 aliphatic rings. The van der Waals surface area contributed by atoms with Gasteiger partial charge in [-0.3, -0.25) is 4.90 Å². The fourth-order valence-electron chi connectivity index (χ4n) is 2.89. The van der Waals surface area contributed by atoms with E-state index in [9.17, 15) is 0 Å². The van der Waals surface area contributed by atoms with Gasteiger partial charge in [0.1, 0.15) is 5.75 Å². The van der Waals surface area contributed by atoms with Gasteiger partial charge in [-0.1, -0.05) is 6.07 Å². The Labute approximate surface area is 137 Å². The summed E-state index contributed by atoms with van der Waals surface area (Å²) in [5, 5.41) is 0. The Bertz CT molecular complexity index is 640. The van der Waals surface area contributed by atoms with E-state index in [2.05, 4.69) is 33.0 Å². The van der Waals surface area contributed by atoms with Crippen LogP contribution in [0.2, 0.25) is 0 Å². The van der Waals surface area contributed by atoms with Crippen molar-refractivity contribution in [3.63, 3.8) is 0 Å². The van der Waals surface area contributed by atoms with Crippen molar-refractivity contribution in [3.05, 3.63) is 48.2 Å². The molecule has 3 rings (SSSR count). The highest BCUT2D eigenvalue weighted by Gasteiger charge is 2.17. The van der Waals surface area contributed by atoms with Crippen LogP contribution in [-0.4, -0.2) is 50.3 Å². The number of pyridine rings is 1. The van der Waals surface area contributed by atoms with E-state index in [1.165, 1.54) is 11.3 Å². The third kappa shape index (κ3) is 3.93. The molecule has 2 heterocycles. The summed E-state index contributed by atoms with van der Waals surface area (Å²) in [6.45, 7) is 5.07. The SMILES string of the molecule is COc1cccc(N2CCN(Cc3ccnc(OC)c3)CC2)c1. The smallest absolute Gasteiger partial charge is 0.213 e. The average Bonchev–Trinajstić information content (AvgIpc) is 2.62. The van der Waals surface area contributed by atoms with E-state index in [0.717, 1.165) is 38.5 Å². The fourth-order valence-corrected chi connectivity index (χ4v) is 2.89. The molecule has 0 unspecified atom stereocenters. The summed E-state index contributed by atoms with van der Waals surface area (Å²) < 4.78 is 10.5. The van der Waals surface area contributed by atoms with Gasteiger partial charge in [0.05, 0.1) is 14.2 Å². The summed E-state index contributed by atoms with van der Waals surface area (Å²) in [5.74, 6) is 1.59. The molecule has 1 fully saturated rings. The van der Waals surface area contributed by atoms with E-state index in [-0.39, 0.29) is 0 Å². The number of ether oxygens (including phenoxy) is 2. The Morgan fingerprint density at radius 2 is 1.83 bits per heavy atom. The van der Waals surface area contributed by atoms with Crippen LogP contribution in [0.25, 0.3) is 0 Å². The molecule has 0 amide bonds. The maximum absolute atomic E-state index is 5.31. The summed E-state index contributed by atoms with van der Waals surface area (Å²) >= 11 is 0. The zero-order valence-electron chi connectivity index (χ0n) is 13.7. The number of hydrogen-bond acceptors (Lipinski definition) is 5. The van der Waals surface area contributed by atoms with E-state index in [1.807, 2.05) is 18.2 Å². The van der Waals surface area contributed by atoms with Gasteiger partial charge in [0.25, 0.3) is 0 Å². The molecule has 5 heteroatoms. The van der Waals surface area contributed by atoms with Gasteiger partial charge in [-0.05, 0) is 23.8 Å². The number of piperazine rings is 1. The lowest BCUT2D eigenvalue weighted by atomic mass is 10.2. The third-order valence-electron chi connectivity index (χ3n) is 4.21. The molecule has 5 nitrogen and oxygen atoms in total. The largest absolute Gasteiger partial charge is 0.497 e. The highest BCUT2D eigenvalue weighted by Crippen LogP contribution is 2.22. The minimum atomic E-state index is 0.678. The predicted octanol–water partition coefficient (Wildman–Crippen LogP) is 2.42. The van der Waals surface area contributed by atoms with Crippen LogP contribution in [0.15, 0.2) is 42.6 Å². The van der Waals surface area contributed by atoms with E-state index >= 15 is 0 Å². The molecule has 2 aromatic rings. The molecular formula is C18H23N3O2. The number of benzene rings is 1. The van der Waals surface area contributed by atoms with Gasteiger partial charge in [-0.25, -0.2) is 4.98 Å². The van der Waals surface area contributed by atoms with E-state index in [4.69, 9.17) is 9.47 Å². The first-order valence-corrected chi connectivity index (χ1v) is 7.89. The standard InChI is InChI=1S/C18H23N3O2/c1-22-17-5-3-4-16(13-17)21-10-8-20(9-11-21)14-15-6-7-19-18(12-15)23-2/h3-7,12-13H,8-11,14H2,1-2H3. The van der Waals surface area contributed by atoms with Crippen LogP contribution in [0, 0.1) is 0 Å². The van der Waals surface area contributed by atoms with Crippen molar-refractivity contribution in [3.8, 4) is 11.6 Å². The molecule has 1 saturated heterocycles. The molecule has 23 heavy (non-hydrogen) atoms. The summed E-state index contributed by atoms with van der Waals surface area (Å²) in [5.41, 5.74) is 2.47. The Balaban J connectivity index is 1.57. The zero-order chi connectivity index (χ0) is 16.1. The number of aromatic nitrogens is 1. The van der Waals surface area contributed by atoms with Crippen molar-refractivity contribution in [2.24, 2.45) is 0 Å². The molecule has 0 atom stereocenters. The Morgan fingerprint density at radius 3 is 2.57 bits per heavy atom. The van der Waals surface area contributed by atoms with Gasteiger partial charge in [-0.2, -0.15) is 0 Å². The maximum atomic E-state index is 5.31. The van der Waals surface area contributed by atoms with Gasteiger partial charge in [0.15, 0.2) is 0 Å². The normalized spacial score (nSPS) is 15.5. The van der Waals surface area contributed by atoms with Gasteiger partial charge in [0.2, 0.25) is 5.88 Å². The Kier molecular flexibility index (Phi) is 4.98.